The van der Waals surface area contributed by atoms with Gasteiger partial charge >= 0.3 is 29.6 Å². The number of epoxide rings is 1. The molecule has 9 nitrogen and oxygen atoms in total. The third-order valence-electron chi connectivity index (χ3n) is 9.07. The molecule has 44 heavy (non-hydrogen) atoms. The summed E-state index contributed by atoms with van der Waals surface area (Å²) in [6, 6.07) is 23.3. The number of carboxylic acid groups (broad SMARTS) is 1. The van der Waals surface area contributed by atoms with Gasteiger partial charge in [-0.15, -0.1) is 0 Å². The van der Waals surface area contributed by atoms with Crippen LogP contribution in [0.25, 0.3) is 0 Å². The van der Waals surface area contributed by atoms with Gasteiger partial charge in [0.2, 0.25) is 5.60 Å². The summed E-state index contributed by atoms with van der Waals surface area (Å²) in [5.74, 6) is -2.90. The van der Waals surface area contributed by atoms with Crippen LogP contribution in [-0.2, 0) is 30.4 Å². The fourth-order valence-corrected chi connectivity index (χ4v) is 7.41. The number of amides is 1. The number of fused-ring (bicyclic) bond motifs is 3. The molecule has 6 rings (SSSR count). The molecule has 0 saturated carbocycles. The fraction of sp³-hybridized carbons (Fsp3) is 0.394. The van der Waals surface area contributed by atoms with Gasteiger partial charge < -0.3 is 34.9 Å². The molecule has 3 N–H and O–H groups in total. The van der Waals surface area contributed by atoms with Crippen molar-refractivity contribution in [3.63, 3.8) is 0 Å². The first kappa shape index (κ1) is 32.7. The summed E-state index contributed by atoms with van der Waals surface area (Å²) in [7, 11) is 0. The number of aliphatic hydroxyl groups excluding tert-OH is 1. The Hall–Kier alpha value is -2.67. The number of rotatable bonds is 9. The predicted octanol–water partition coefficient (Wildman–Crippen LogP) is -0.374. The van der Waals surface area contributed by atoms with Gasteiger partial charge in [-0.3, -0.25) is 4.79 Å². The molecule has 6 atom stereocenters. The van der Waals surface area contributed by atoms with E-state index in [-0.39, 0.29) is 42.5 Å². The van der Waals surface area contributed by atoms with Crippen molar-refractivity contribution in [2.45, 2.75) is 68.0 Å². The van der Waals surface area contributed by atoms with Gasteiger partial charge in [-0.05, 0) is 48.6 Å². The SMILES string of the molecule is CC(C)[C@@]12O[C@H](C[C@@H](O)CC(=O)[O-])CCN1C(O)(c1ccc(F)cc1)C1(c3ccccc3)OC12C(=O)Nc1ccccc1.[Na+]. The molecule has 0 spiro atoms. The Kier molecular flexibility index (Phi) is 8.87. The third kappa shape index (κ3) is 4.58. The number of aliphatic hydroxyl groups is 2. The second kappa shape index (κ2) is 11.9. The van der Waals surface area contributed by atoms with Gasteiger partial charge in [-0.1, -0.05) is 74.5 Å². The van der Waals surface area contributed by atoms with E-state index in [0.29, 0.717) is 23.2 Å². The largest absolute Gasteiger partial charge is 1.00 e. The summed E-state index contributed by atoms with van der Waals surface area (Å²) < 4.78 is 27.7. The topological polar surface area (TPSA) is 135 Å². The zero-order valence-corrected chi connectivity index (χ0v) is 26.9. The van der Waals surface area contributed by atoms with Crippen molar-refractivity contribution in [2.24, 2.45) is 5.92 Å². The molecule has 3 aliphatic heterocycles. The number of aliphatic carboxylic acids is 1. The minimum absolute atomic E-state index is 0. The quantitative estimate of drug-likeness (QED) is 0.220. The molecule has 3 unspecified atom stereocenters. The van der Waals surface area contributed by atoms with Gasteiger partial charge in [-0.2, -0.15) is 0 Å². The van der Waals surface area contributed by atoms with Crippen molar-refractivity contribution in [1.82, 2.24) is 4.90 Å². The molecule has 3 fully saturated rings. The van der Waals surface area contributed by atoms with Gasteiger partial charge in [0.1, 0.15) is 5.82 Å². The molecule has 0 bridgehead atoms. The summed E-state index contributed by atoms with van der Waals surface area (Å²) in [5.41, 5.74) is -5.78. The molecule has 1 amide bonds. The predicted molar refractivity (Wildman–Crippen MR) is 151 cm³/mol. The van der Waals surface area contributed by atoms with Crippen LogP contribution in [0.3, 0.4) is 0 Å². The molecular formula is C33H34FN2NaO7. The van der Waals surface area contributed by atoms with E-state index in [4.69, 9.17) is 9.47 Å². The molecule has 3 aromatic rings. The number of morpholine rings is 1. The van der Waals surface area contributed by atoms with E-state index in [1.54, 1.807) is 53.4 Å². The number of halogens is 1. The summed E-state index contributed by atoms with van der Waals surface area (Å²) >= 11 is 0. The van der Waals surface area contributed by atoms with E-state index >= 15 is 0 Å². The van der Waals surface area contributed by atoms with E-state index in [1.807, 2.05) is 26.0 Å². The zero-order valence-electron chi connectivity index (χ0n) is 24.9. The average Bonchev–Trinajstić information content (AvgIpc) is 3.67. The van der Waals surface area contributed by atoms with Gasteiger partial charge in [0.05, 0.1) is 12.2 Å². The molecule has 0 aromatic heterocycles. The zero-order chi connectivity index (χ0) is 30.6. The van der Waals surface area contributed by atoms with Crippen LogP contribution in [0, 0.1) is 11.7 Å². The van der Waals surface area contributed by atoms with Crippen LogP contribution in [0.2, 0.25) is 0 Å². The Labute approximate surface area is 277 Å². The fourth-order valence-electron chi connectivity index (χ4n) is 7.41. The number of para-hydroxylation sites is 1. The Morgan fingerprint density at radius 1 is 1.02 bits per heavy atom. The van der Waals surface area contributed by atoms with Crippen LogP contribution in [0.1, 0.15) is 44.2 Å². The Bertz CT molecular complexity index is 1510. The maximum atomic E-state index is 14.7. The smallest absolute Gasteiger partial charge is 0.550 e. The minimum Gasteiger partial charge on any atom is -0.550 e. The summed E-state index contributed by atoms with van der Waals surface area (Å²) in [4.78, 5) is 27.6. The number of hydrogen-bond acceptors (Lipinski definition) is 8. The Morgan fingerprint density at radius 2 is 1.64 bits per heavy atom. The first-order valence-corrected chi connectivity index (χ1v) is 14.5. The van der Waals surface area contributed by atoms with Crippen molar-refractivity contribution in [3.8, 4) is 0 Å². The van der Waals surface area contributed by atoms with Gasteiger partial charge in [0.25, 0.3) is 5.91 Å². The van der Waals surface area contributed by atoms with E-state index in [1.165, 1.54) is 24.3 Å². The first-order chi connectivity index (χ1) is 20.5. The Balaban J connectivity index is 0.00000384. The van der Waals surface area contributed by atoms with Crippen molar-refractivity contribution >= 4 is 17.6 Å². The summed E-state index contributed by atoms with van der Waals surface area (Å²) in [6.45, 7) is 3.92. The summed E-state index contributed by atoms with van der Waals surface area (Å²) in [6.07, 6.45) is -2.20. The van der Waals surface area contributed by atoms with Crippen LogP contribution in [-0.4, -0.2) is 57.1 Å². The number of nitrogens with zero attached hydrogens (tertiary/aromatic N) is 1. The summed E-state index contributed by atoms with van der Waals surface area (Å²) in [5, 5.41) is 37.8. The number of hydrogen-bond donors (Lipinski definition) is 3. The second-order valence-electron chi connectivity index (χ2n) is 11.8. The average molecular weight is 613 g/mol. The normalized spacial score (nSPS) is 31.4. The van der Waals surface area contributed by atoms with Crippen molar-refractivity contribution < 1.29 is 68.3 Å². The maximum absolute atomic E-state index is 14.7. The third-order valence-corrected chi connectivity index (χ3v) is 9.07. The molecular weight excluding hydrogens is 578 g/mol. The molecule has 3 heterocycles. The monoisotopic (exact) mass is 612 g/mol. The van der Waals surface area contributed by atoms with Gasteiger partial charge in [0, 0.05) is 30.2 Å². The van der Waals surface area contributed by atoms with E-state index < -0.39 is 64.9 Å². The number of carbonyl (C=O) groups is 2. The molecule has 3 saturated heterocycles. The van der Waals surface area contributed by atoms with E-state index in [0.717, 1.165) is 0 Å². The maximum Gasteiger partial charge on any atom is 1.00 e. The molecule has 0 aliphatic carbocycles. The van der Waals surface area contributed by atoms with E-state index in [9.17, 15) is 29.3 Å². The van der Waals surface area contributed by atoms with Crippen LogP contribution in [0.5, 0.6) is 0 Å². The molecule has 226 valence electrons. The van der Waals surface area contributed by atoms with Crippen LogP contribution in [0.4, 0.5) is 10.1 Å². The van der Waals surface area contributed by atoms with Crippen molar-refractivity contribution in [1.29, 1.82) is 0 Å². The standard InChI is InChI=1S/C33H35FN2O7.Na/c1-21(2)33-31(29(40)35-25-11-7-4-8-12-25)30(43-31,22-9-5-3-6-10-22)32(41,23-13-15-24(34)16-14-23)36(33)18-17-27(42-33)19-26(37)20-28(38)39;/h3-16,21,26-27,37,41H,17-20H2,1-2H3,(H,35,40)(H,38,39);/q;+1/p-1/t26-,27+,30?,31?,32?,33+;/m1./s1. The number of anilines is 1. The number of carbonyl (C=O) groups excluding carboxylic acids is 2. The Morgan fingerprint density at radius 3 is 2.23 bits per heavy atom. The molecule has 3 aromatic carbocycles. The van der Waals surface area contributed by atoms with Crippen LogP contribution >= 0.6 is 0 Å². The second-order valence-corrected chi connectivity index (χ2v) is 11.8. The molecule has 11 heteroatoms. The van der Waals surface area contributed by atoms with Crippen molar-refractivity contribution in [3.05, 3.63) is 102 Å². The van der Waals surface area contributed by atoms with Crippen LogP contribution in [0.15, 0.2) is 84.9 Å². The van der Waals surface area contributed by atoms with Gasteiger partial charge in [0.15, 0.2) is 17.1 Å². The van der Waals surface area contributed by atoms with E-state index in [2.05, 4.69) is 5.32 Å². The van der Waals surface area contributed by atoms with Crippen molar-refractivity contribution in [2.75, 3.05) is 11.9 Å². The van der Waals surface area contributed by atoms with Gasteiger partial charge in [-0.25, -0.2) is 9.29 Å². The number of benzene rings is 3. The molecule has 3 aliphatic rings. The van der Waals surface area contributed by atoms with Crippen LogP contribution < -0.4 is 40.0 Å². The first-order valence-electron chi connectivity index (χ1n) is 14.5. The number of ether oxygens (including phenoxy) is 2. The number of carboxylic acids is 1. The number of nitrogens with one attached hydrogen (secondary N) is 1. The molecule has 0 radical (unpaired) electrons. The minimum atomic E-state index is -2.01.